The van der Waals surface area contributed by atoms with Crippen molar-refractivity contribution in [3.8, 4) is 0 Å². The van der Waals surface area contributed by atoms with Gasteiger partial charge in [0.2, 0.25) is 0 Å². The van der Waals surface area contributed by atoms with Gasteiger partial charge in [-0.25, -0.2) is 0 Å². The maximum Gasteiger partial charge on any atom is 0.0668 e. The fourth-order valence-electron chi connectivity index (χ4n) is 2.23. The van der Waals surface area contributed by atoms with Gasteiger partial charge in [0.05, 0.1) is 6.04 Å². The van der Waals surface area contributed by atoms with Crippen LogP contribution in [0.25, 0.3) is 0 Å². The summed E-state index contributed by atoms with van der Waals surface area (Å²) in [6.07, 6.45) is 6.31. The molecule has 0 fully saturated rings. The largest absolute Gasteiger partial charge is 0.365 e. The Morgan fingerprint density at radius 3 is 2.40 bits per heavy atom. The Balaban J connectivity index is 2.30. The monoisotopic (exact) mass is 374 g/mol. The van der Waals surface area contributed by atoms with Crippen molar-refractivity contribution in [3.63, 3.8) is 0 Å². The molecule has 0 saturated carbocycles. The lowest BCUT2D eigenvalue weighted by Gasteiger charge is -2.34. The second-order valence-corrected chi connectivity index (χ2v) is 6.87. The third-order valence-corrected chi connectivity index (χ3v) is 4.15. The minimum Gasteiger partial charge on any atom is -0.365 e. The van der Waals surface area contributed by atoms with Crippen molar-refractivity contribution in [2.75, 3.05) is 27.2 Å². The van der Waals surface area contributed by atoms with Crippen LogP contribution in [0, 0.1) is 0 Å². The van der Waals surface area contributed by atoms with Gasteiger partial charge in [-0.3, -0.25) is 0 Å². The molecular formula is C15H17BrCl2N2. The minimum atomic E-state index is 0.217. The van der Waals surface area contributed by atoms with Crippen LogP contribution in [-0.4, -0.2) is 37.0 Å². The van der Waals surface area contributed by atoms with Gasteiger partial charge in [-0.15, -0.1) is 0 Å². The van der Waals surface area contributed by atoms with Crippen molar-refractivity contribution in [2.24, 2.45) is 0 Å². The quantitative estimate of drug-likeness (QED) is 0.752. The van der Waals surface area contributed by atoms with Gasteiger partial charge in [-0.05, 0) is 43.9 Å². The molecule has 0 aliphatic carbocycles. The molecule has 1 atom stereocenters. The second-order valence-electron chi connectivity index (χ2n) is 5.08. The normalized spacial score (nSPS) is 16.5. The molecule has 1 aromatic carbocycles. The van der Waals surface area contributed by atoms with E-state index in [1.807, 2.05) is 12.1 Å². The van der Waals surface area contributed by atoms with Crippen LogP contribution in [0.1, 0.15) is 11.6 Å². The first-order chi connectivity index (χ1) is 9.45. The maximum atomic E-state index is 6.14. The van der Waals surface area contributed by atoms with E-state index in [1.54, 1.807) is 6.07 Å². The predicted molar refractivity (Wildman–Crippen MR) is 90.6 cm³/mol. The molecule has 0 N–H and O–H groups in total. The number of allylic oxidation sites excluding steroid dienone is 2. The van der Waals surface area contributed by atoms with Crippen LogP contribution in [-0.2, 0) is 0 Å². The Morgan fingerprint density at radius 2 is 1.90 bits per heavy atom. The summed E-state index contributed by atoms with van der Waals surface area (Å²) in [6, 6.07) is 5.96. The average Bonchev–Trinajstić information content (AvgIpc) is 2.35. The third kappa shape index (κ3) is 4.26. The Kier molecular flexibility index (Phi) is 5.56. The number of rotatable bonds is 4. The van der Waals surface area contributed by atoms with Crippen LogP contribution < -0.4 is 0 Å². The van der Waals surface area contributed by atoms with Crippen LogP contribution in [0.4, 0.5) is 0 Å². The summed E-state index contributed by atoms with van der Waals surface area (Å²) in [6.45, 7) is 1.76. The Labute approximate surface area is 138 Å². The topological polar surface area (TPSA) is 6.48 Å². The summed E-state index contributed by atoms with van der Waals surface area (Å²) in [5, 5.41) is 1.35. The Hall–Kier alpha value is -0.480. The summed E-state index contributed by atoms with van der Waals surface area (Å²) >= 11 is 15.8. The van der Waals surface area contributed by atoms with Gasteiger partial charge in [0.15, 0.2) is 0 Å². The fourth-order valence-corrected chi connectivity index (χ4v) is 3.04. The third-order valence-electron chi connectivity index (χ3n) is 3.13. The second kappa shape index (κ2) is 6.99. The van der Waals surface area contributed by atoms with Crippen molar-refractivity contribution < 1.29 is 0 Å². The van der Waals surface area contributed by atoms with E-state index in [1.165, 1.54) is 0 Å². The Morgan fingerprint density at radius 1 is 1.25 bits per heavy atom. The van der Waals surface area contributed by atoms with Crippen molar-refractivity contribution >= 4 is 39.1 Å². The SMILES string of the molecule is CN(C)CC(c1cc(Cl)cc(Cl)c1)N1C=CC(Br)=CC1. The van der Waals surface area contributed by atoms with E-state index in [0.29, 0.717) is 10.0 Å². The lowest BCUT2D eigenvalue weighted by molar-refractivity contribution is 0.235. The minimum absolute atomic E-state index is 0.217. The number of hydrogen-bond donors (Lipinski definition) is 0. The number of hydrogen-bond acceptors (Lipinski definition) is 2. The van der Waals surface area contributed by atoms with Crippen LogP contribution in [0.5, 0.6) is 0 Å². The Bertz CT molecular complexity index is 520. The van der Waals surface area contributed by atoms with E-state index in [2.05, 4.69) is 58.2 Å². The summed E-state index contributed by atoms with van der Waals surface area (Å²) in [4.78, 5) is 4.45. The lowest BCUT2D eigenvalue weighted by Crippen LogP contribution is -2.33. The number of nitrogens with zero attached hydrogens (tertiary/aromatic N) is 2. The van der Waals surface area contributed by atoms with Crippen molar-refractivity contribution in [2.45, 2.75) is 6.04 Å². The van der Waals surface area contributed by atoms with Gasteiger partial charge in [0, 0.05) is 33.8 Å². The molecule has 1 aromatic rings. The van der Waals surface area contributed by atoms with Crippen molar-refractivity contribution in [3.05, 3.63) is 56.6 Å². The molecule has 20 heavy (non-hydrogen) atoms. The molecule has 2 nitrogen and oxygen atoms in total. The smallest absolute Gasteiger partial charge is 0.0668 e. The molecule has 0 spiro atoms. The lowest BCUT2D eigenvalue weighted by atomic mass is 10.0. The number of benzene rings is 1. The molecule has 0 amide bonds. The maximum absolute atomic E-state index is 6.14. The molecule has 5 heteroatoms. The molecule has 1 unspecified atom stereocenters. The number of halogens is 3. The average molecular weight is 376 g/mol. The van der Waals surface area contributed by atoms with Gasteiger partial charge >= 0.3 is 0 Å². The van der Waals surface area contributed by atoms with Gasteiger partial charge in [0.25, 0.3) is 0 Å². The van der Waals surface area contributed by atoms with Gasteiger partial charge < -0.3 is 9.80 Å². The first-order valence-corrected chi connectivity index (χ1v) is 7.91. The zero-order valence-electron chi connectivity index (χ0n) is 11.5. The zero-order valence-corrected chi connectivity index (χ0v) is 14.6. The molecule has 0 bridgehead atoms. The highest BCUT2D eigenvalue weighted by Gasteiger charge is 2.20. The van der Waals surface area contributed by atoms with E-state index >= 15 is 0 Å². The highest BCUT2D eigenvalue weighted by molar-refractivity contribution is 9.11. The molecular weight excluding hydrogens is 359 g/mol. The van der Waals surface area contributed by atoms with Gasteiger partial charge in [-0.2, -0.15) is 0 Å². The first kappa shape index (κ1) is 15.9. The molecule has 1 aliphatic heterocycles. The summed E-state index contributed by atoms with van der Waals surface area (Å²) < 4.78 is 1.11. The summed E-state index contributed by atoms with van der Waals surface area (Å²) in [5.41, 5.74) is 1.13. The van der Waals surface area contributed by atoms with Gasteiger partial charge in [-0.1, -0.05) is 45.2 Å². The highest BCUT2D eigenvalue weighted by Crippen LogP contribution is 2.29. The molecule has 108 valence electrons. The van der Waals surface area contributed by atoms with Gasteiger partial charge in [0.1, 0.15) is 0 Å². The standard InChI is InChI=1S/C15H17BrCl2N2/c1-19(2)10-15(20-5-3-12(16)4-6-20)11-7-13(17)9-14(18)8-11/h3-5,7-9,15H,6,10H2,1-2H3. The molecule has 1 aliphatic rings. The first-order valence-electron chi connectivity index (χ1n) is 6.36. The molecule has 0 radical (unpaired) electrons. The van der Waals surface area contributed by atoms with Crippen molar-refractivity contribution in [1.29, 1.82) is 0 Å². The van der Waals surface area contributed by atoms with Crippen LogP contribution in [0.15, 0.2) is 41.0 Å². The summed E-state index contributed by atoms with van der Waals surface area (Å²) in [7, 11) is 4.14. The summed E-state index contributed by atoms with van der Waals surface area (Å²) in [5.74, 6) is 0. The van der Waals surface area contributed by atoms with Crippen LogP contribution in [0.3, 0.4) is 0 Å². The number of likely N-dealkylation sites (N-methyl/N-ethyl adjacent to an activating group) is 1. The van der Waals surface area contributed by atoms with Crippen LogP contribution in [0.2, 0.25) is 10.0 Å². The molecule has 0 saturated heterocycles. The fraction of sp³-hybridized carbons (Fsp3) is 0.333. The zero-order chi connectivity index (χ0) is 14.7. The van der Waals surface area contributed by atoms with Crippen LogP contribution >= 0.6 is 39.1 Å². The predicted octanol–water partition coefficient (Wildman–Crippen LogP) is 4.70. The van der Waals surface area contributed by atoms with E-state index in [9.17, 15) is 0 Å². The van der Waals surface area contributed by atoms with E-state index in [-0.39, 0.29) is 6.04 Å². The molecule has 2 rings (SSSR count). The van der Waals surface area contributed by atoms with E-state index < -0.39 is 0 Å². The molecule has 0 aromatic heterocycles. The van der Waals surface area contributed by atoms with E-state index in [4.69, 9.17) is 23.2 Å². The highest BCUT2D eigenvalue weighted by atomic mass is 79.9. The van der Waals surface area contributed by atoms with E-state index in [0.717, 1.165) is 23.1 Å². The van der Waals surface area contributed by atoms with Crippen molar-refractivity contribution in [1.82, 2.24) is 9.80 Å². The molecule has 1 heterocycles.